The SMILES string of the molecule is Cc1ccc(OC2C[C@H]3CC[C@@H](C2)N3)cc1Oc1ccccc1. The number of para-hydroxylation sites is 1. The number of piperidine rings is 1. The molecule has 120 valence electrons. The van der Waals surface area contributed by atoms with Gasteiger partial charge >= 0.3 is 0 Å². The zero-order chi connectivity index (χ0) is 15.6. The lowest BCUT2D eigenvalue weighted by molar-refractivity contribution is 0.137. The molecule has 2 saturated heterocycles. The van der Waals surface area contributed by atoms with Crippen LogP contribution in [0.25, 0.3) is 0 Å². The number of hydrogen-bond donors (Lipinski definition) is 1. The van der Waals surface area contributed by atoms with Crippen LogP contribution >= 0.6 is 0 Å². The Labute approximate surface area is 137 Å². The van der Waals surface area contributed by atoms with Crippen LogP contribution in [0.2, 0.25) is 0 Å². The van der Waals surface area contributed by atoms with Crippen molar-refractivity contribution in [1.82, 2.24) is 5.32 Å². The van der Waals surface area contributed by atoms with Gasteiger partial charge in [0.1, 0.15) is 23.4 Å². The first kappa shape index (κ1) is 14.6. The quantitative estimate of drug-likeness (QED) is 0.905. The van der Waals surface area contributed by atoms with Gasteiger partial charge in [-0.3, -0.25) is 0 Å². The van der Waals surface area contributed by atoms with Crippen molar-refractivity contribution in [2.45, 2.75) is 50.8 Å². The van der Waals surface area contributed by atoms with E-state index in [9.17, 15) is 0 Å². The normalized spacial score (nSPS) is 26.0. The largest absolute Gasteiger partial charge is 0.490 e. The first-order valence-electron chi connectivity index (χ1n) is 8.52. The Balaban J connectivity index is 1.48. The van der Waals surface area contributed by atoms with Gasteiger partial charge in [-0.15, -0.1) is 0 Å². The van der Waals surface area contributed by atoms with E-state index in [1.54, 1.807) is 0 Å². The van der Waals surface area contributed by atoms with Gasteiger partial charge in [0.2, 0.25) is 0 Å². The standard InChI is InChI=1S/C20H23NO2/c1-14-7-10-18(13-20(14)23-17-5-3-2-4-6-17)22-19-11-15-8-9-16(12-19)21-15/h2-7,10,13,15-16,19,21H,8-9,11-12H2,1H3/t15-,16+,19?. The van der Waals surface area contributed by atoms with Crippen molar-refractivity contribution in [3.8, 4) is 17.2 Å². The van der Waals surface area contributed by atoms with Gasteiger partial charge in [0.15, 0.2) is 0 Å². The maximum absolute atomic E-state index is 6.25. The summed E-state index contributed by atoms with van der Waals surface area (Å²) in [4.78, 5) is 0. The minimum atomic E-state index is 0.320. The third kappa shape index (κ3) is 3.35. The van der Waals surface area contributed by atoms with E-state index in [-0.39, 0.29) is 0 Å². The van der Waals surface area contributed by atoms with E-state index in [0.717, 1.165) is 35.7 Å². The fourth-order valence-electron chi connectivity index (χ4n) is 3.67. The molecule has 2 fully saturated rings. The van der Waals surface area contributed by atoms with Crippen molar-refractivity contribution >= 4 is 0 Å². The molecule has 2 bridgehead atoms. The van der Waals surface area contributed by atoms with Crippen molar-refractivity contribution < 1.29 is 9.47 Å². The predicted molar refractivity (Wildman–Crippen MR) is 91.3 cm³/mol. The molecule has 4 rings (SSSR count). The number of aryl methyl sites for hydroxylation is 1. The molecule has 0 aliphatic carbocycles. The molecule has 3 atom stereocenters. The monoisotopic (exact) mass is 309 g/mol. The first-order valence-corrected chi connectivity index (χ1v) is 8.52. The highest BCUT2D eigenvalue weighted by Gasteiger charge is 2.34. The summed E-state index contributed by atoms with van der Waals surface area (Å²) in [5.74, 6) is 2.63. The molecule has 2 aromatic rings. The van der Waals surface area contributed by atoms with Gasteiger partial charge in [0.25, 0.3) is 0 Å². The molecule has 2 heterocycles. The maximum atomic E-state index is 6.25. The zero-order valence-electron chi connectivity index (χ0n) is 13.5. The van der Waals surface area contributed by atoms with Crippen LogP contribution in [0.5, 0.6) is 17.2 Å². The highest BCUT2D eigenvalue weighted by Crippen LogP contribution is 2.33. The van der Waals surface area contributed by atoms with Crippen LogP contribution < -0.4 is 14.8 Å². The summed E-state index contributed by atoms with van der Waals surface area (Å²) >= 11 is 0. The molecule has 1 unspecified atom stereocenters. The number of rotatable bonds is 4. The van der Waals surface area contributed by atoms with E-state index in [1.165, 1.54) is 12.8 Å². The van der Waals surface area contributed by atoms with Gasteiger partial charge in [0, 0.05) is 18.2 Å². The molecule has 3 nitrogen and oxygen atoms in total. The lowest BCUT2D eigenvalue weighted by Gasteiger charge is -2.29. The zero-order valence-corrected chi connectivity index (χ0v) is 13.5. The van der Waals surface area contributed by atoms with Gasteiger partial charge in [0.05, 0.1) is 0 Å². The molecule has 0 aromatic heterocycles. The summed E-state index contributed by atoms with van der Waals surface area (Å²) in [7, 11) is 0. The van der Waals surface area contributed by atoms with Gasteiger partial charge in [-0.25, -0.2) is 0 Å². The van der Waals surface area contributed by atoms with Gasteiger partial charge in [-0.2, -0.15) is 0 Å². The van der Waals surface area contributed by atoms with E-state index in [0.29, 0.717) is 18.2 Å². The summed E-state index contributed by atoms with van der Waals surface area (Å²) < 4.78 is 12.3. The highest BCUT2D eigenvalue weighted by atomic mass is 16.5. The second-order valence-electron chi connectivity index (χ2n) is 6.69. The second kappa shape index (κ2) is 6.25. The fourth-order valence-corrected chi connectivity index (χ4v) is 3.67. The van der Waals surface area contributed by atoms with E-state index < -0.39 is 0 Å². The third-order valence-electron chi connectivity index (χ3n) is 4.86. The fraction of sp³-hybridized carbons (Fsp3) is 0.400. The summed E-state index contributed by atoms with van der Waals surface area (Å²) in [6.07, 6.45) is 5.13. The molecule has 2 aromatic carbocycles. The Morgan fingerprint density at radius 2 is 1.65 bits per heavy atom. The van der Waals surface area contributed by atoms with Crippen LogP contribution in [0.4, 0.5) is 0 Å². The molecule has 2 aliphatic rings. The molecule has 1 N–H and O–H groups in total. The Hall–Kier alpha value is -2.00. The van der Waals surface area contributed by atoms with Crippen molar-refractivity contribution in [2.24, 2.45) is 0 Å². The van der Waals surface area contributed by atoms with Gasteiger partial charge in [-0.05, 0) is 56.4 Å². The lowest BCUT2D eigenvalue weighted by atomic mass is 10.0. The van der Waals surface area contributed by atoms with Crippen LogP contribution in [0, 0.1) is 6.92 Å². The Bertz CT molecular complexity index is 659. The van der Waals surface area contributed by atoms with Crippen LogP contribution in [-0.2, 0) is 0 Å². The number of fused-ring (bicyclic) bond motifs is 2. The van der Waals surface area contributed by atoms with Crippen LogP contribution in [0.15, 0.2) is 48.5 Å². The number of benzene rings is 2. The van der Waals surface area contributed by atoms with Crippen LogP contribution in [0.3, 0.4) is 0 Å². The van der Waals surface area contributed by atoms with Gasteiger partial charge < -0.3 is 14.8 Å². The Morgan fingerprint density at radius 3 is 2.39 bits per heavy atom. The van der Waals surface area contributed by atoms with Crippen molar-refractivity contribution in [2.75, 3.05) is 0 Å². The Morgan fingerprint density at radius 1 is 0.913 bits per heavy atom. The van der Waals surface area contributed by atoms with Crippen LogP contribution in [-0.4, -0.2) is 18.2 Å². The molecular formula is C20H23NO2. The molecule has 0 saturated carbocycles. The maximum Gasteiger partial charge on any atom is 0.134 e. The number of ether oxygens (including phenoxy) is 2. The number of nitrogens with one attached hydrogen (secondary N) is 1. The smallest absolute Gasteiger partial charge is 0.134 e. The van der Waals surface area contributed by atoms with E-state index in [1.807, 2.05) is 36.4 Å². The molecule has 2 aliphatic heterocycles. The lowest BCUT2D eigenvalue weighted by Crippen LogP contribution is -2.42. The average molecular weight is 309 g/mol. The minimum absolute atomic E-state index is 0.320. The van der Waals surface area contributed by atoms with Gasteiger partial charge in [-0.1, -0.05) is 24.3 Å². The van der Waals surface area contributed by atoms with E-state index >= 15 is 0 Å². The van der Waals surface area contributed by atoms with Crippen molar-refractivity contribution in [3.63, 3.8) is 0 Å². The summed E-state index contributed by atoms with van der Waals surface area (Å²) in [5.41, 5.74) is 1.12. The molecule has 0 amide bonds. The topological polar surface area (TPSA) is 30.5 Å². The third-order valence-corrected chi connectivity index (χ3v) is 4.86. The molecule has 0 spiro atoms. The second-order valence-corrected chi connectivity index (χ2v) is 6.69. The van der Waals surface area contributed by atoms with Crippen molar-refractivity contribution in [1.29, 1.82) is 0 Å². The Kier molecular flexibility index (Phi) is 3.96. The number of hydrogen-bond acceptors (Lipinski definition) is 3. The molecule has 3 heteroatoms. The first-order chi connectivity index (χ1) is 11.3. The molecule has 0 radical (unpaired) electrons. The summed E-state index contributed by atoms with van der Waals surface area (Å²) in [5, 5.41) is 3.65. The average Bonchev–Trinajstić information content (AvgIpc) is 2.90. The van der Waals surface area contributed by atoms with Crippen LogP contribution in [0.1, 0.15) is 31.2 Å². The van der Waals surface area contributed by atoms with E-state index in [4.69, 9.17) is 9.47 Å². The summed E-state index contributed by atoms with van der Waals surface area (Å²) in [6, 6.07) is 17.3. The minimum Gasteiger partial charge on any atom is -0.490 e. The molecular weight excluding hydrogens is 286 g/mol. The molecule has 23 heavy (non-hydrogen) atoms. The summed E-state index contributed by atoms with van der Waals surface area (Å²) in [6.45, 7) is 2.06. The van der Waals surface area contributed by atoms with E-state index in [2.05, 4.69) is 24.4 Å². The predicted octanol–water partition coefficient (Wildman–Crippen LogP) is 4.45. The van der Waals surface area contributed by atoms with Crippen molar-refractivity contribution in [3.05, 3.63) is 54.1 Å². The highest BCUT2D eigenvalue weighted by molar-refractivity contribution is 5.42.